The molecule has 5 atom stereocenters. The molecular formula is C36H51N3O10S. The van der Waals surface area contributed by atoms with Gasteiger partial charge in [-0.1, -0.05) is 65.0 Å². The van der Waals surface area contributed by atoms with Crippen molar-refractivity contribution in [2.24, 2.45) is 16.7 Å². The molecule has 2 aromatic rings. The SMILES string of the molecule is CC(C)(CCCNC(=O)C(C)(C)C)CN(C[C@@H](O)[C@H](Cc1ccccc1)NC(=O)O[C@H]1CO[C@H]2OCC[C@H]21)S(=O)(=O)c1ccc2c(c1)OCO2. The van der Waals surface area contributed by atoms with E-state index in [1.807, 2.05) is 65.0 Å². The van der Waals surface area contributed by atoms with Crippen molar-refractivity contribution in [2.45, 2.75) is 89.7 Å². The molecular weight excluding hydrogens is 666 g/mol. The van der Waals surface area contributed by atoms with Gasteiger partial charge in [0.25, 0.3) is 0 Å². The maximum atomic E-state index is 14.3. The van der Waals surface area contributed by atoms with E-state index in [2.05, 4.69) is 10.6 Å². The van der Waals surface area contributed by atoms with Gasteiger partial charge in [-0.3, -0.25) is 4.79 Å². The number of sulfonamides is 1. The number of aliphatic hydroxyl groups is 1. The lowest BCUT2D eigenvalue weighted by Crippen LogP contribution is -2.52. The number of carbonyl (C=O) groups is 2. The molecule has 0 unspecified atom stereocenters. The van der Waals surface area contributed by atoms with E-state index in [-0.39, 0.29) is 49.6 Å². The van der Waals surface area contributed by atoms with Gasteiger partial charge in [0.2, 0.25) is 22.7 Å². The topological polar surface area (TPSA) is 162 Å². The number of amides is 2. The summed E-state index contributed by atoms with van der Waals surface area (Å²) in [6, 6.07) is 12.9. The molecule has 2 aromatic carbocycles. The number of nitrogens with one attached hydrogen (secondary N) is 2. The lowest BCUT2D eigenvalue weighted by atomic mass is 9.87. The number of carbonyl (C=O) groups excluding carboxylic acids is 2. The molecule has 0 spiro atoms. The molecule has 0 bridgehead atoms. The largest absolute Gasteiger partial charge is 0.454 e. The van der Waals surface area contributed by atoms with E-state index in [0.717, 1.165) is 5.56 Å². The Morgan fingerprint density at radius 2 is 1.78 bits per heavy atom. The number of hydrogen-bond acceptors (Lipinski definition) is 10. The van der Waals surface area contributed by atoms with Crippen molar-refractivity contribution in [2.75, 3.05) is 39.6 Å². The molecule has 3 aliphatic rings. The summed E-state index contributed by atoms with van der Waals surface area (Å²) in [5, 5.41) is 17.6. The van der Waals surface area contributed by atoms with Crippen LogP contribution in [0.25, 0.3) is 0 Å². The predicted molar refractivity (Wildman–Crippen MR) is 184 cm³/mol. The van der Waals surface area contributed by atoms with E-state index in [1.165, 1.54) is 16.4 Å². The molecule has 3 N–H and O–H groups in total. The van der Waals surface area contributed by atoms with E-state index in [0.29, 0.717) is 43.9 Å². The minimum Gasteiger partial charge on any atom is -0.454 e. The second-order valence-corrected chi connectivity index (χ2v) is 17.0. The maximum Gasteiger partial charge on any atom is 0.407 e. The minimum atomic E-state index is -4.18. The van der Waals surface area contributed by atoms with Gasteiger partial charge >= 0.3 is 6.09 Å². The molecule has 2 saturated heterocycles. The molecule has 0 radical (unpaired) electrons. The van der Waals surface area contributed by atoms with Crippen LogP contribution in [0, 0.1) is 16.7 Å². The van der Waals surface area contributed by atoms with E-state index < -0.39 is 51.5 Å². The quantitative estimate of drug-likeness (QED) is 0.231. The highest BCUT2D eigenvalue weighted by Crippen LogP contribution is 2.36. The predicted octanol–water partition coefficient (Wildman–Crippen LogP) is 3.83. The van der Waals surface area contributed by atoms with Crippen molar-refractivity contribution in [1.29, 1.82) is 0 Å². The summed E-state index contributed by atoms with van der Waals surface area (Å²) in [6.07, 6.45) is -0.789. The average Bonchev–Trinajstić information content (AvgIpc) is 3.81. The number of benzene rings is 2. The number of rotatable bonds is 15. The summed E-state index contributed by atoms with van der Waals surface area (Å²) in [5.74, 6) is 0.641. The summed E-state index contributed by atoms with van der Waals surface area (Å²) in [6.45, 7) is 10.4. The van der Waals surface area contributed by atoms with Crippen molar-refractivity contribution in [3.8, 4) is 11.5 Å². The van der Waals surface area contributed by atoms with E-state index in [1.54, 1.807) is 6.07 Å². The smallest absolute Gasteiger partial charge is 0.407 e. The Morgan fingerprint density at radius 3 is 2.52 bits per heavy atom. The zero-order chi connectivity index (χ0) is 36.1. The molecule has 5 rings (SSSR count). The Labute approximate surface area is 295 Å². The van der Waals surface area contributed by atoms with Crippen LogP contribution in [0.2, 0.25) is 0 Å². The van der Waals surface area contributed by atoms with Gasteiger partial charge in [0.15, 0.2) is 17.8 Å². The molecule has 0 aliphatic carbocycles. The fourth-order valence-electron chi connectivity index (χ4n) is 6.38. The number of hydrogen-bond donors (Lipinski definition) is 3. The van der Waals surface area contributed by atoms with Crippen LogP contribution < -0.4 is 20.1 Å². The molecule has 0 saturated carbocycles. The summed E-state index contributed by atoms with van der Waals surface area (Å²) in [5.41, 5.74) is -0.233. The number of fused-ring (bicyclic) bond motifs is 2. The highest BCUT2D eigenvalue weighted by Gasteiger charge is 2.44. The van der Waals surface area contributed by atoms with E-state index in [4.69, 9.17) is 23.7 Å². The number of nitrogens with zero attached hydrogens (tertiary/aromatic N) is 1. The van der Waals surface area contributed by atoms with Crippen LogP contribution in [0.3, 0.4) is 0 Å². The van der Waals surface area contributed by atoms with Gasteiger partial charge in [-0.2, -0.15) is 4.31 Å². The van der Waals surface area contributed by atoms with E-state index in [9.17, 15) is 23.1 Å². The normalized spacial score (nSPS) is 21.5. The van der Waals surface area contributed by atoms with Crippen LogP contribution in [0.1, 0.15) is 59.4 Å². The zero-order valence-electron chi connectivity index (χ0n) is 29.6. The number of alkyl carbamates (subject to hydrolysis) is 1. The monoisotopic (exact) mass is 717 g/mol. The third-order valence-electron chi connectivity index (χ3n) is 9.28. The summed E-state index contributed by atoms with van der Waals surface area (Å²) in [4.78, 5) is 25.6. The third-order valence-corrected chi connectivity index (χ3v) is 11.1. The van der Waals surface area contributed by atoms with Crippen LogP contribution in [0.15, 0.2) is 53.4 Å². The first kappa shape index (κ1) is 37.8. The molecule has 14 heteroatoms. The molecule has 3 heterocycles. The van der Waals surface area contributed by atoms with Gasteiger partial charge in [-0.15, -0.1) is 0 Å². The zero-order valence-corrected chi connectivity index (χ0v) is 30.4. The Kier molecular flexibility index (Phi) is 12.0. The Hall–Kier alpha value is -3.43. The van der Waals surface area contributed by atoms with Gasteiger partial charge in [-0.25, -0.2) is 13.2 Å². The van der Waals surface area contributed by atoms with Crippen molar-refractivity contribution in [3.05, 3.63) is 54.1 Å². The lowest BCUT2D eigenvalue weighted by molar-refractivity contribution is -0.128. The van der Waals surface area contributed by atoms with E-state index >= 15 is 0 Å². The van der Waals surface area contributed by atoms with Crippen LogP contribution in [0.4, 0.5) is 4.79 Å². The van der Waals surface area contributed by atoms with Crippen molar-refractivity contribution in [1.82, 2.24) is 14.9 Å². The average molecular weight is 718 g/mol. The molecule has 3 aliphatic heterocycles. The van der Waals surface area contributed by atoms with Gasteiger partial charge in [-0.05, 0) is 48.8 Å². The third kappa shape index (κ3) is 9.66. The van der Waals surface area contributed by atoms with Crippen LogP contribution in [-0.4, -0.2) is 94.0 Å². The highest BCUT2D eigenvalue weighted by atomic mass is 32.2. The van der Waals surface area contributed by atoms with Crippen LogP contribution in [0.5, 0.6) is 11.5 Å². The highest BCUT2D eigenvalue weighted by molar-refractivity contribution is 7.89. The Balaban J connectivity index is 1.34. The van der Waals surface area contributed by atoms with Gasteiger partial charge in [0.1, 0.15) is 6.10 Å². The minimum absolute atomic E-state index is 0.00953. The summed E-state index contributed by atoms with van der Waals surface area (Å²) < 4.78 is 57.7. The summed E-state index contributed by atoms with van der Waals surface area (Å²) >= 11 is 0. The standard InChI is InChI=1S/C36H51N3O10S/c1-35(2,3)33(41)37-16-9-15-36(4,5)22-39(50(43,44)25-12-13-29-30(19-25)48-23-47-29)20-28(40)27(18-24-10-7-6-8-11-24)38-34(42)49-31-21-46-32-26(31)14-17-45-32/h6-8,10-13,19,26-28,31-32,40H,9,14-18,20-23H2,1-5H3,(H,37,41)(H,38,42)/t26-,27-,28+,31-,32+/m0/s1. The first-order valence-corrected chi connectivity index (χ1v) is 18.7. The molecule has 276 valence electrons. The molecule has 13 nitrogen and oxygen atoms in total. The Morgan fingerprint density at radius 1 is 1.04 bits per heavy atom. The maximum absolute atomic E-state index is 14.3. The van der Waals surface area contributed by atoms with Gasteiger partial charge in [0.05, 0.1) is 36.2 Å². The Bertz CT molecular complexity index is 1580. The van der Waals surface area contributed by atoms with Crippen molar-refractivity contribution < 1.29 is 46.8 Å². The lowest BCUT2D eigenvalue weighted by Gasteiger charge is -2.35. The van der Waals surface area contributed by atoms with Crippen LogP contribution >= 0.6 is 0 Å². The summed E-state index contributed by atoms with van der Waals surface area (Å²) in [7, 11) is -4.18. The number of ether oxygens (including phenoxy) is 5. The van der Waals surface area contributed by atoms with Crippen molar-refractivity contribution in [3.63, 3.8) is 0 Å². The molecule has 2 amide bonds. The molecule has 0 aromatic heterocycles. The molecule has 2 fully saturated rings. The first-order valence-electron chi connectivity index (χ1n) is 17.2. The second-order valence-electron chi connectivity index (χ2n) is 15.1. The number of aliphatic hydroxyl groups excluding tert-OH is 1. The fraction of sp³-hybridized carbons (Fsp3) is 0.611. The first-order chi connectivity index (χ1) is 23.6. The van der Waals surface area contributed by atoms with Gasteiger partial charge < -0.3 is 39.4 Å². The van der Waals surface area contributed by atoms with Crippen LogP contribution in [-0.2, 0) is 35.4 Å². The molecule has 50 heavy (non-hydrogen) atoms. The fourth-order valence-corrected chi connectivity index (χ4v) is 8.04. The van der Waals surface area contributed by atoms with Crippen molar-refractivity contribution >= 4 is 22.0 Å². The second kappa shape index (κ2) is 15.9. The van der Waals surface area contributed by atoms with Gasteiger partial charge in [0, 0.05) is 31.1 Å².